The molecule has 0 aliphatic carbocycles. The molecule has 12 aromatic heterocycles. The molecule has 686 valence electrons. The van der Waals surface area contributed by atoms with Crippen molar-refractivity contribution in [1.82, 2.24) is 41.6 Å². The van der Waals surface area contributed by atoms with Crippen LogP contribution >= 0.6 is 91.4 Å². The van der Waals surface area contributed by atoms with Gasteiger partial charge in [0.2, 0.25) is 0 Å². The number of halogens is 10. The van der Waals surface area contributed by atoms with Crippen LogP contribution in [0.15, 0.2) is 286 Å². The smallest absolute Gasteiger partial charge is 0.400 e. The molecular weight excluding hydrogens is 2000 g/mol. The maximum absolute atomic E-state index is 13.6. The molecule has 1 aliphatic rings. The number of nitrogens with one attached hydrogen (secondary N) is 1. The lowest BCUT2D eigenvalue weighted by Gasteiger charge is -2.32. The summed E-state index contributed by atoms with van der Waals surface area (Å²) in [4.78, 5) is 99.1. The number of aliphatic hydroxyl groups excluding tert-OH is 1. The summed E-state index contributed by atoms with van der Waals surface area (Å²) in [6.07, 6.45) is 16.2. The van der Waals surface area contributed by atoms with Crippen molar-refractivity contribution in [3.05, 3.63) is 395 Å². The van der Waals surface area contributed by atoms with Crippen molar-refractivity contribution in [3.63, 3.8) is 0 Å². The van der Waals surface area contributed by atoms with Crippen molar-refractivity contribution in [1.29, 1.82) is 0 Å². The van der Waals surface area contributed by atoms with Gasteiger partial charge in [0.15, 0.2) is 74.5 Å². The second-order valence-electron chi connectivity index (χ2n) is 31.3. The number of carbonyl (C=O) groups is 3. The third kappa shape index (κ3) is 22.8. The molecule has 21 nitrogen and oxygen atoms in total. The van der Waals surface area contributed by atoms with Crippen LogP contribution in [0, 0.1) is 38.5 Å². The maximum atomic E-state index is 13.6. The van der Waals surface area contributed by atoms with Crippen LogP contribution in [-0.2, 0) is 69.2 Å². The number of Topliss-reactive ketones (excluding diaryl/α,β-unsaturated/α-hetero) is 3. The number of ketones is 3. The van der Waals surface area contributed by atoms with E-state index in [1.807, 2.05) is 94.6 Å². The number of hydrogen-bond acceptors (Lipinski definition) is 18. The van der Waals surface area contributed by atoms with Gasteiger partial charge in [-0.2, -0.15) is 0 Å². The van der Waals surface area contributed by atoms with Gasteiger partial charge in [-0.05, 0) is 232 Å². The molecule has 0 radical (unpaired) electrons. The molecule has 1 unspecified atom stereocenters. The van der Waals surface area contributed by atoms with E-state index in [4.69, 9.17) is 49.2 Å². The van der Waals surface area contributed by atoms with Crippen molar-refractivity contribution >= 4 is 175 Å². The predicted molar refractivity (Wildman–Crippen MR) is 522 cm³/mol. The highest BCUT2D eigenvalue weighted by molar-refractivity contribution is 14.1. The number of carbonyl (C=O) groups excluding carboxylic acids is 3. The number of aromatic nitrogens is 9. The van der Waals surface area contributed by atoms with Gasteiger partial charge in [-0.15, -0.1) is 34.0 Å². The van der Waals surface area contributed by atoms with Crippen LogP contribution < -0.4 is 21.5 Å². The Balaban J connectivity index is 0.000000146. The number of hydrogen-bond donors (Lipinski definition) is 2. The van der Waals surface area contributed by atoms with Gasteiger partial charge in [0, 0.05) is 142 Å². The molecule has 0 bridgehead atoms. The van der Waals surface area contributed by atoms with Crippen LogP contribution in [0.25, 0.3) is 54.0 Å². The lowest BCUT2D eigenvalue weighted by atomic mass is 9.88. The molecule has 17 aromatic rings. The van der Waals surface area contributed by atoms with Gasteiger partial charge in [-0.25, -0.2) is 61.9 Å². The van der Waals surface area contributed by atoms with Gasteiger partial charge in [0.05, 0.1) is 72.4 Å². The Morgan fingerprint density at radius 1 is 0.485 bits per heavy atom. The molecule has 0 spiro atoms. The minimum Gasteiger partial charge on any atom is -0.400 e. The number of nitrogens with zero attached hydrogens (tertiary/aromatic N) is 8. The Labute approximate surface area is 806 Å². The van der Waals surface area contributed by atoms with Gasteiger partial charge < -0.3 is 33.1 Å². The van der Waals surface area contributed by atoms with Gasteiger partial charge >= 0.3 is 7.12 Å². The zero-order valence-electron chi connectivity index (χ0n) is 71.6. The molecule has 2 N–H and O–H groups in total. The molecule has 0 saturated carbocycles. The van der Waals surface area contributed by atoms with Crippen LogP contribution in [0.2, 0.25) is 15.1 Å². The van der Waals surface area contributed by atoms with E-state index in [0.29, 0.717) is 67.2 Å². The van der Waals surface area contributed by atoms with Gasteiger partial charge in [0.25, 0.3) is 26.7 Å². The fourth-order valence-electron chi connectivity index (χ4n) is 14.3. The number of thiophene rings is 3. The largest absolute Gasteiger partial charge is 0.505 e. The fraction of sp³-hybridized carbons (Fsp3) is 0.165. The summed E-state index contributed by atoms with van der Waals surface area (Å²) in [7, 11) is -4.62. The van der Waals surface area contributed by atoms with E-state index in [2.05, 4.69) is 42.5 Å². The first-order valence-electron chi connectivity index (χ1n) is 41.1. The maximum Gasteiger partial charge on any atom is 0.505 e. The van der Waals surface area contributed by atoms with E-state index in [1.54, 1.807) is 107 Å². The molecule has 37 heteroatoms. The van der Waals surface area contributed by atoms with Crippen molar-refractivity contribution in [2.45, 2.75) is 107 Å². The molecule has 1 saturated heterocycles. The molecule has 1 aliphatic heterocycles. The molecular formula is C97H78BCl3F6IN9O12S5. The van der Waals surface area contributed by atoms with Crippen LogP contribution in [0.3, 0.4) is 0 Å². The van der Waals surface area contributed by atoms with E-state index in [9.17, 15) is 67.7 Å². The Kier molecular flexibility index (Phi) is 31.5. The van der Waals surface area contributed by atoms with Crippen LogP contribution in [0.1, 0.15) is 109 Å². The van der Waals surface area contributed by atoms with Gasteiger partial charge in [0.1, 0.15) is 5.65 Å². The Hall–Kier alpha value is -11.6. The van der Waals surface area contributed by atoms with E-state index in [-0.39, 0.29) is 77.8 Å². The summed E-state index contributed by atoms with van der Waals surface area (Å²) < 4.78 is 140. The molecule has 134 heavy (non-hydrogen) atoms. The minimum absolute atomic E-state index is 0.00692. The first-order chi connectivity index (χ1) is 64.1. The topological polar surface area (TPSA) is 271 Å². The van der Waals surface area contributed by atoms with Crippen LogP contribution in [0.5, 0.6) is 0 Å². The number of H-pyrrole nitrogens is 1. The highest BCUT2D eigenvalue weighted by Gasteiger charge is 2.52. The Morgan fingerprint density at radius 3 is 1.36 bits per heavy atom. The Morgan fingerprint density at radius 2 is 0.896 bits per heavy atom. The zero-order valence-corrected chi connectivity index (χ0v) is 80.1. The zero-order chi connectivity index (χ0) is 95.6. The molecule has 1 fully saturated rings. The average Bonchev–Trinajstić information content (AvgIpc) is 1.64. The third-order valence-corrected chi connectivity index (χ3v) is 29.8. The molecule has 5 aromatic carbocycles. The van der Waals surface area contributed by atoms with Crippen molar-refractivity contribution in [3.8, 4) is 20.9 Å². The molecule has 18 rings (SSSR count). The third-order valence-electron chi connectivity index (χ3n) is 21.8. The number of aromatic amines is 1. The summed E-state index contributed by atoms with van der Waals surface area (Å²) in [5.74, 6) is -6.68. The van der Waals surface area contributed by atoms with Crippen molar-refractivity contribution in [2.24, 2.45) is 0 Å². The number of fused-ring (bicyclic) bond motifs is 3. The Bertz CT molecular complexity index is 7600. The predicted octanol–water partition coefficient (Wildman–Crippen LogP) is 21.0. The summed E-state index contributed by atoms with van der Waals surface area (Å²) in [5, 5.41) is 10.9. The monoisotopic (exact) mass is 2080 g/mol. The van der Waals surface area contributed by atoms with E-state index in [1.165, 1.54) is 108 Å². The normalized spacial score (nSPS) is 12.9. The highest BCUT2D eigenvalue weighted by Crippen LogP contribution is 2.40. The number of pyridine rings is 6. The summed E-state index contributed by atoms with van der Waals surface area (Å²) in [6.45, 7) is 8.08. The van der Waals surface area contributed by atoms with E-state index >= 15 is 0 Å². The summed E-state index contributed by atoms with van der Waals surface area (Å²) in [6, 6.07) is 54.1. The molecule has 0 amide bonds. The lowest BCUT2D eigenvalue weighted by molar-refractivity contribution is 0.00578. The summed E-state index contributed by atoms with van der Waals surface area (Å²) >= 11 is 24.9. The second-order valence-corrected chi connectivity index (χ2v) is 40.5. The standard InChI is InChI=1S/C32H22ClF2N3O3S2.C26H18ClF2N3O2S.C25H26BF2NO4S.C13H8ClIN2O2S.CH4O/c33-21-16-25-26(19-38(31(25)36-17-21)43(41)23-5-2-1-3-6-23)30-13-10-22(42-30)9-12-29(39)24-7-4-14-37(32(24)40)18-20-8-11-27(34)28(35)15-20;27-16-11-19-20(13-31-25(19)30-12-16)24-8-5-17(35-24)4-7-23(33)18-2-1-9-32(26(18)34)14-15-3-6-21(28)22(29)10-15;1-24(2)25(3,4)33-26(32-24)22-12-9-17(34-22)8-11-21(30)18-6-5-13-29(23(18)31)15-16-7-10-19(27)20(28)14-16;14-9-6-11-12(15)8-17(13(11)16-7-9)20(18,19)10-4-2-1-3-5-10;1-2/h1-8,10-11,13-17,19H,9,12,18H2;1-3,5-6,8-13H,4,7,14H2,(H,30,31);5-7,9-10,12-14H,8,11,15H2,1-4H3;1-8H;2H,1H3. The van der Waals surface area contributed by atoms with Crippen LogP contribution in [0.4, 0.5) is 26.3 Å². The van der Waals surface area contributed by atoms with Gasteiger partial charge in [-0.3, -0.25) is 28.8 Å². The number of aliphatic hydroxyl groups is 1. The first-order valence-corrected chi connectivity index (χ1v) is 48.3. The molecule has 13 heterocycles. The van der Waals surface area contributed by atoms with Crippen molar-refractivity contribution in [2.75, 3.05) is 7.11 Å². The van der Waals surface area contributed by atoms with Crippen LogP contribution in [-0.4, -0.2) is 102 Å². The van der Waals surface area contributed by atoms with Crippen molar-refractivity contribution < 1.29 is 67.8 Å². The summed E-state index contributed by atoms with van der Waals surface area (Å²) in [5.41, 5.74) is 2.65. The van der Waals surface area contributed by atoms with E-state index < -0.39 is 90.9 Å². The highest BCUT2D eigenvalue weighted by atomic mass is 127. The molecule has 1 atom stereocenters. The first kappa shape index (κ1) is 98.4. The second kappa shape index (κ2) is 42.9. The fourth-order valence-corrected chi connectivity index (χ4v) is 21.1. The average molecular weight is 2080 g/mol. The van der Waals surface area contributed by atoms with Gasteiger partial charge in [-0.1, -0.05) is 95.5 Å². The SMILES string of the molecule is CC1(C)OB(c2ccc(CCC(=O)c3cccn(Cc4ccc(F)c(F)c4)c3=O)s2)OC1(C)C.CO.O=C(CCc1ccc(-c2c[nH]c3ncc(Cl)cc23)s1)c1cccn(Cc2ccc(F)c(F)c2)c1=O.O=C(CCc1ccc(-c2cn(S(=O)c3ccccc3)c3ncc(Cl)cc23)s1)c1cccn(Cc2ccc(F)c(F)c2)c1=O.O=S(=O)(c1ccccc1)n1cc(I)c2cc(Cl)cnc21. The van der Waals surface area contributed by atoms with E-state index in [0.717, 1.165) is 109 Å². The number of aryl methyl sites for hydroxylation is 3. The lowest BCUT2D eigenvalue weighted by Crippen LogP contribution is -2.41. The number of rotatable bonds is 25. The number of benzene rings is 5. The quantitative estimate of drug-likeness (QED) is 0.0233. The minimum atomic E-state index is -3.65.